The molecule has 0 heterocycles. The third-order valence-electron chi connectivity index (χ3n) is 2.06. The molecular weight excluding hydrogens is 196 g/mol. The summed E-state index contributed by atoms with van der Waals surface area (Å²) < 4.78 is 4.86. The van der Waals surface area contributed by atoms with Crippen LogP contribution in [0.25, 0.3) is 0 Å². The van der Waals surface area contributed by atoms with Gasteiger partial charge in [-0.1, -0.05) is 18.2 Å². The van der Waals surface area contributed by atoms with Crippen molar-refractivity contribution < 1.29 is 9.53 Å². The van der Waals surface area contributed by atoms with E-state index in [4.69, 9.17) is 17.0 Å². The van der Waals surface area contributed by atoms with Crippen LogP contribution in [0.1, 0.15) is 23.6 Å². The highest BCUT2D eigenvalue weighted by atomic mass is 32.1. The van der Waals surface area contributed by atoms with Gasteiger partial charge in [0.2, 0.25) is 5.05 Å². The molecule has 1 aromatic carbocycles. The lowest BCUT2D eigenvalue weighted by molar-refractivity contribution is -0.132. The number of hydrogen-bond donors (Lipinski definition) is 0. The van der Waals surface area contributed by atoms with Crippen molar-refractivity contribution in [3.63, 3.8) is 0 Å². The monoisotopic (exact) mass is 208 g/mol. The number of rotatable bonds is 1. The molecule has 3 heteroatoms. The van der Waals surface area contributed by atoms with Crippen molar-refractivity contribution in [3.8, 4) is 0 Å². The highest BCUT2D eigenvalue weighted by Gasteiger charge is 2.08. The highest BCUT2D eigenvalue weighted by Crippen LogP contribution is 2.14. The molecule has 0 saturated heterocycles. The molecule has 0 saturated carbocycles. The van der Waals surface area contributed by atoms with E-state index in [1.165, 1.54) is 6.92 Å². The maximum atomic E-state index is 10.7. The third-order valence-corrected chi connectivity index (χ3v) is 2.36. The maximum Gasteiger partial charge on any atom is 0.308 e. The molecule has 0 aliphatic heterocycles. The Labute approximate surface area is 88.9 Å². The number of carbonyl (C=O) groups excluding carboxylic acids is 1. The zero-order valence-electron chi connectivity index (χ0n) is 8.46. The van der Waals surface area contributed by atoms with Crippen LogP contribution in [0.15, 0.2) is 18.2 Å². The van der Waals surface area contributed by atoms with Crippen LogP contribution in [0.2, 0.25) is 0 Å². The van der Waals surface area contributed by atoms with E-state index < -0.39 is 0 Å². The molecule has 1 rings (SSSR count). The number of benzene rings is 1. The van der Waals surface area contributed by atoms with E-state index in [2.05, 4.69) is 0 Å². The SMILES string of the molecule is CC(=O)OC(=S)c1cccc(C)c1C. The van der Waals surface area contributed by atoms with Crippen LogP contribution in [0.4, 0.5) is 0 Å². The molecule has 0 aromatic heterocycles. The van der Waals surface area contributed by atoms with E-state index in [1.54, 1.807) is 0 Å². The van der Waals surface area contributed by atoms with Crippen LogP contribution in [0.5, 0.6) is 0 Å². The minimum Gasteiger partial charge on any atom is -0.414 e. The summed E-state index contributed by atoms with van der Waals surface area (Å²) in [5.74, 6) is -0.379. The second-order valence-electron chi connectivity index (χ2n) is 3.13. The minimum atomic E-state index is -0.379. The minimum absolute atomic E-state index is 0.249. The molecule has 0 unspecified atom stereocenters. The first-order valence-corrected chi connectivity index (χ1v) is 4.72. The van der Waals surface area contributed by atoms with Gasteiger partial charge in [0.15, 0.2) is 0 Å². The van der Waals surface area contributed by atoms with E-state index in [-0.39, 0.29) is 11.0 Å². The Morgan fingerprint density at radius 1 is 1.36 bits per heavy atom. The lowest BCUT2D eigenvalue weighted by atomic mass is 10.0. The average molecular weight is 208 g/mol. The molecule has 0 aliphatic carbocycles. The standard InChI is InChI=1S/C11H12O2S/c1-7-5-4-6-10(8(7)2)11(14)13-9(3)12/h4-6H,1-3H3. The second-order valence-corrected chi connectivity index (χ2v) is 3.50. The van der Waals surface area contributed by atoms with E-state index >= 15 is 0 Å². The smallest absolute Gasteiger partial charge is 0.308 e. The Balaban J connectivity index is 3.01. The summed E-state index contributed by atoms with van der Waals surface area (Å²) in [6.45, 7) is 5.30. The summed E-state index contributed by atoms with van der Waals surface area (Å²) >= 11 is 5.00. The van der Waals surface area contributed by atoms with Crippen molar-refractivity contribution in [2.45, 2.75) is 20.8 Å². The van der Waals surface area contributed by atoms with Gasteiger partial charge in [-0.15, -0.1) is 0 Å². The van der Waals surface area contributed by atoms with Gasteiger partial charge in [0.1, 0.15) is 0 Å². The number of aryl methyl sites for hydroxylation is 1. The van der Waals surface area contributed by atoms with Gasteiger partial charge in [-0.3, -0.25) is 4.79 Å². The van der Waals surface area contributed by atoms with Gasteiger partial charge in [-0.25, -0.2) is 0 Å². The second kappa shape index (κ2) is 4.33. The van der Waals surface area contributed by atoms with Gasteiger partial charge < -0.3 is 4.74 Å². The Morgan fingerprint density at radius 2 is 2.00 bits per heavy atom. The first-order chi connectivity index (χ1) is 6.52. The molecular formula is C11H12O2S. The fraction of sp³-hybridized carbons (Fsp3) is 0.273. The molecule has 1 aromatic rings. The van der Waals surface area contributed by atoms with Gasteiger partial charge in [-0.05, 0) is 37.2 Å². The lowest BCUT2D eigenvalue weighted by Gasteiger charge is -2.08. The predicted octanol–water partition coefficient (Wildman–Crippen LogP) is 2.54. The number of thiocarbonyl (C=S) groups is 1. The van der Waals surface area contributed by atoms with Crippen LogP contribution < -0.4 is 0 Å². The number of hydrogen-bond acceptors (Lipinski definition) is 3. The normalized spacial score (nSPS) is 9.64. The van der Waals surface area contributed by atoms with Crippen LogP contribution >= 0.6 is 12.2 Å². The largest absolute Gasteiger partial charge is 0.414 e. The molecule has 0 fully saturated rings. The van der Waals surface area contributed by atoms with Gasteiger partial charge in [0, 0.05) is 12.5 Å². The summed E-state index contributed by atoms with van der Waals surface area (Å²) in [5, 5.41) is 0.249. The molecule has 0 spiro atoms. The first-order valence-electron chi connectivity index (χ1n) is 4.31. The molecule has 14 heavy (non-hydrogen) atoms. The third kappa shape index (κ3) is 2.39. The molecule has 0 N–H and O–H groups in total. The molecule has 2 nitrogen and oxygen atoms in total. The predicted molar refractivity (Wildman–Crippen MR) is 59.4 cm³/mol. The summed E-state index contributed by atoms with van der Waals surface area (Å²) in [4.78, 5) is 10.7. The van der Waals surface area contributed by atoms with E-state index in [0.717, 1.165) is 16.7 Å². The zero-order chi connectivity index (χ0) is 10.7. The number of ether oxygens (including phenoxy) is 1. The van der Waals surface area contributed by atoms with Crippen LogP contribution in [0.3, 0.4) is 0 Å². The Bertz CT molecular complexity index is 383. The van der Waals surface area contributed by atoms with Gasteiger partial charge >= 0.3 is 5.97 Å². The topological polar surface area (TPSA) is 26.3 Å². The van der Waals surface area contributed by atoms with Crippen molar-refractivity contribution in [1.82, 2.24) is 0 Å². The highest BCUT2D eigenvalue weighted by molar-refractivity contribution is 7.80. The van der Waals surface area contributed by atoms with Crippen molar-refractivity contribution in [2.24, 2.45) is 0 Å². The first kappa shape index (κ1) is 10.9. The summed E-state index contributed by atoms with van der Waals surface area (Å²) in [6, 6.07) is 5.75. The quantitative estimate of drug-likeness (QED) is 0.524. The van der Waals surface area contributed by atoms with Gasteiger partial charge in [0.25, 0.3) is 0 Å². The fourth-order valence-electron chi connectivity index (χ4n) is 1.16. The van der Waals surface area contributed by atoms with Crippen molar-refractivity contribution in [3.05, 3.63) is 34.9 Å². The fourth-order valence-corrected chi connectivity index (χ4v) is 1.50. The molecule has 74 valence electrons. The Kier molecular flexibility index (Phi) is 3.36. The van der Waals surface area contributed by atoms with E-state index in [9.17, 15) is 4.79 Å². The number of esters is 1. The molecule has 0 radical (unpaired) electrons. The Hall–Kier alpha value is -1.22. The molecule has 0 bridgehead atoms. The molecule has 0 amide bonds. The zero-order valence-corrected chi connectivity index (χ0v) is 9.27. The van der Waals surface area contributed by atoms with Crippen molar-refractivity contribution in [1.29, 1.82) is 0 Å². The van der Waals surface area contributed by atoms with Crippen molar-refractivity contribution >= 4 is 23.2 Å². The molecule has 0 aliphatic rings. The van der Waals surface area contributed by atoms with E-state index in [0.29, 0.717) is 0 Å². The Morgan fingerprint density at radius 3 is 2.57 bits per heavy atom. The summed E-state index contributed by atoms with van der Waals surface area (Å²) in [6.07, 6.45) is 0. The maximum absolute atomic E-state index is 10.7. The van der Waals surface area contributed by atoms with Gasteiger partial charge in [0.05, 0.1) is 0 Å². The number of carbonyl (C=O) groups is 1. The summed E-state index contributed by atoms with van der Waals surface area (Å²) in [7, 11) is 0. The van der Waals surface area contributed by atoms with E-state index in [1.807, 2.05) is 32.0 Å². The summed E-state index contributed by atoms with van der Waals surface area (Å²) in [5.41, 5.74) is 3.01. The van der Waals surface area contributed by atoms with Crippen LogP contribution in [0, 0.1) is 13.8 Å². The van der Waals surface area contributed by atoms with Crippen LogP contribution in [-0.2, 0) is 9.53 Å². The van der Waals surface area contributed by atoms with Gasteiger partial charge in [-0.2, -0.15) is 0 Å². The molecule has 0 atom stereocenters. The van der Waals surface area contributed by atoms with Crippen molar-refractivity contribution in [2.75, 3.05) is 0 Å². The average Bonchev–Trinajstić information content (AvgIpc) is 2.08. The van der Waals surface area contributed by atoms with Crippen LogP contribution in [-0.4, -0.2) is 11.0 Å². The lowest BCUT2D eigenvalue weighted by Crippen LogP contribution is -2.09.